The number of carbonyl (C=O) groups excluding carboxylic acids is 1. The Bertz CT molecular complexity index is 571. The summed E-state index contributed by atoms with van der Waals surface area (Å²) in [6.07, 6.45) is 3.03. The smallest absolute Gasteiger partial charge is 0.312 e. The highest BCUT2D eigenvalue weighted by Gasteiger charge is 2.30. The summed E-state index contributed by atoms with van der Waals surface area (Å²) in [6, 6.07) is 3.24. The number of hydrogen-bond acceptors (Lipinski definition) is 4. The maximum absolute atomic E-state index is 12.7. The third-order valence-electron chi connectivity index (χ3n) is 3.91. The fourth-order valence-electron chi connectivity index (χ4n) is 2.82. The van der Waals surface area contributed by atoms with Crippen LogP contribution in [-0.2, 0) is 0 Å². The van der Waals surface area contributed by atoms with Crippen LogP contribution in [0.1, 0.15) is 42.1 Å². The molecule has 1 fully saturated rings. The molecule has 1 aromatic rings. The number of nitro groups is 1. The topological polar surface area (TPSA) is 72.7 Å². The van der Waals surface area contributed by atoms with Crippen molar-refractivity contribution in [3.8, 4) is 5.75 Å². The van der Waals surface area contributed by atoms with E-state index in [-0.39, 0.29) is 28.9 Å². The van der Waals surface area contributed by atoms with Crippen molar-refractivity contribution < 1.29 is 14.5 Å². The molecule has 0 N–H and O–H groups in total. The summed E-state index contributed by atoms with van der Waals surface area (Å²) >= 11 is 0. The normalized spacial score (nSPS) is 18.4. The van der Waals surface area contributed by atoms with Crippen LogP contribution in [-0.4, -0.2) is 35.4 Å². The molecule has 0 bridgehead atoms. The molecule has 1 amide bonds. The van der Waals surface area contributed by atoms with Gasteiger partial charge in [0, 0.05) is 18.7 Å². The minimum atomic E-state index is -0.512. The van der Waals surface area contributed by atoms with E-state index in [4.69, 9.17) is 4.74 Å². The Labute approximate surface area is 123 Å². The van der Waals surface area contributed by atoms with E-state index in [2.05, 4.69) is 0 Å². The zero-order valence-electron chi connectivity index (χ0n) is 12.6. The van der Waals surface area contributed by atoms with Crippen LogP contribution >= 0.6 is 0 Å². The van der Waals surface area contributed by atoms with E-state index in [0.29, 0.717) is 12.1 Å². The monoisotopic (exact) mass is 292 g/mol. The lowest BCUT2D eigenvalue weighted by Crippen LogP contribution is -2.42. The summed E-state index contributed by atoms with van der Waals surface area (Å²) in [7, 11) is 1.36. The number of methoxy groups -OCH3 is 1. The first kappa shape index (κ1) is 15.3. The third kappa shape index (κ3) is 2.99. The first-order valence-corrected chi connectivity index (χ1v) is 7.09. The molecule has 0 aromatic heterocycles. The van der Waals surface area contributed by atoms with Crippen molar-refractivity contribution in [3.05, 3.63) is 33.4 Å². The van der Waals surface area contributed by atoms with Crippen LogP contribution in [0, 0.1) is 17.0 Å². The van der Waals surface area contributed by atoms with Gasteiger partial charge in [0.1, 0.15) is 0 Å². The number of carbonyl (C=O) groups is 1. The van der Waals surface area contributed by atoms with Gasteiger partial charge in [-0.3, -0.25) is 14.9 Å². The molecule has 0 saturated carbocycles. The van der Waals surface area contributed by atoms with E-state index in [0.717, 1.165) is 19.3 Å². The molecule has 0 radical (unpaired) electrons. The molecule has 1 aliphatic heterocycles. The lowest BCUT2D eigenvalue weighted by Gasteiger charge is -2.33. The quantitative estimate of drug-likeness (QED) is 0.634. The summed E-state index contributed by atoms with van der Waals surface area (Å²) in [6.45, 7) is 4.43. The second-order valence-corrected chi connectivity index (χ2v) is 5.47. The van der Waals surface area contributed by atoms with Crippen molar-refractivity contribution in [1.29, 1.82) is 0 Å². The predicted octanol–water partition coefficient (Wildman–Crippen LogP) is 2.93. The van der Waals surface area contributed by atoms with Crippen LogP contribution in [0.2, 0.25) is 0 Å². The van der Waals surface area contributed by atoms with Gasteiger partial charge in [-0.2, -0.15) is 0 Å². The Morgan fingerprint density at radius 2 is 2.14 bits per heavy atom. The molecule has 1 aromatic carbocycles. The van der Waals surface area contributed by atoms with Gasteiger partial charge >= 0.3 is 5.69 Å². The van der Waals surface area contributed by atoms with E-state index in [1.807, 2.05) is 6.92 Å². The number of rotatable bonds is 3. The summed E-state index contributed by atoms with van der Waals surface area (Å²) in [4.78, 5) is 25.2. The van der Waals surface area contributed by atoms with Gasteiger partial charge in [-0.05, 0) is 44.7 Å². The molecule has 21 heavy (non-hydrogen) atoms. The number of nitrogens with zero attached hydrogens (tertiary/aromatic N) is 2. The predicted molar refractivity (Wildman–Crippen MR) is 78.7 cm³/mol. The Balaban J connectivity index is 2.47. The first-order valence-electron chi connectivity index (χ1n) is 7.09. The van der Waals surface area contributed by atoms with Crippen molar-refractivity contribution in [2.24, 2.45) is 0 Å². The molecule has 2 rings (SSSR count). The molecule has 1 saturated heterocycles. The Hall–Kier alpha value is -2.11. The zero-order chi connectivity index (χ0) is 15.6. The Morgan fingerprint density at radius 3 is 2.71 bits per heavy atom. The number of nitro benzene ring substituents is 1. The molecular weight excluding hydrogens is 272 g/mol. The summed E-state index contributed by atoms with van der Waals surface area (Å²) in [5.41, 5.74) is 0.791. The molecule has 0 aliphatic carbocycles. The number of hydrogen-bond donors (Lipinski definition) is 0. The maximum Gasteiger partial charge on any atom is 0.312 e. The van der Waals surface area contributed by atoms with Crippen LogP contribution < -0.4 is 4.74 Å². The Kier molecular flexibility index (Phi) is 4.45. The van der Waals surface area contributed by atoms with Gasteiger partial charge in [-0.15, -0.1) is 0 Å². The van der Waals surface area contributed by atoms with Gasteiger partial charge in [0.2, 0.25) is 5.75 Å². The van der Waals surface area contributed by atoms with Crippen molar-refractivity contribution in [1.82, 2.24) is 4.90 Å². The second kappa shape index (κ2) is 6.11. The Morgan fingerprint density at radius 1 is 1.43 bits per heavy atom. The van der Waals surface area contributed by atoms with E-state index < -0.39 is 4.92 Å². The minimum Gasteiger partial charge on any atom is -0.490 e. The van der Waals surface area contributed by atoms with Gasteiger partial charge in [-0.25, -0.2) is 0 Å². The molecule has 114 valence electrons. The SMILES string of the molecule is COc1c(C(=O)N2CCCC[C@@H]2C)cc(C)cc1[N+](=O)[O-]. The molecule has 1 heterocycles. The van der Waals surface area contributed by atoms with Crippen LogP contribution in [0.4, 0.5) is 5.69 Å². The highest BCUT2D eigenvalue weighted by molar-refractivity contribution is 5.98. The van der Waals surface area contributed by atoms with Crippen LogP contribution in [0.25, 0.3) is 0 Å². The van der Waals surface area contributed by atoms with Crippen LogP contribution in [0.15, 0.2) is 12.1 Å². The van der Waals surface area contributed by atoms with E-state index >= 15 is 0 Å². The van der Waals surface area contributed by atoms with Gasteiger partial charge in [-0.1, -0.05) is 0 Å². The molecule has 1 aliphatic rings. The van der Waals surface area contributed by atoms with E-state index in [1.54, 1.807) is 17.9 Å². The van der Waals surface area contributed by atoms with Crippen molar-refractivity contribution in [2.45, 2.75) is 39.2 Å². The standard InChI is InChI=1S/C15H20N2O4/c1-10-8-12(14(21-3)13(9-10)17(19)20)15(18)16-7-5-4-6-11(16)2/h8-9,11H,4-7H2,1-3H3/t11-/m0/s1. The number of likely N-dealkylation sites (tertiary alicyclic amines) is 1. The van der Waals surface area contributed by atoms with Gasteiger partial charge in [0.05, 0.1) is 17.6 Å². The van der Waals surface area contributed by atoms with E-state index in [1.165, 1.54) is 13.2 Å². The van der Waals surface area contributed by atoms with Gasteiger partial charge < -0.3 is 9.64 Å². The highest BCUT2D eigenvalue weighted by Crippen LogP contribution is 2.34. The second-order valence-electron chi connectivity index (χ2n) is 5.47. The fraction of sp³-hybridized carbons (Fsp3) is 0.533. The molecular formula is C15H20N2O4. The molecule has 0 unspecified atom stereocenters. The first-order chi connectivity index (χ1) is 9.95. The largest absolute Gasteiger partial charge is 0.490 e. The average Bonchev–Trinajstić information content (AvgIpc) is 2.46. The zero-order valence-corrected chi connectivity index (χ0v) is 12.6. The summed E-state index contributed by atoms with van der Waals surface area (Å²) in [5, 5.41) is 11.1. The number of ether oxygens (including phenoxy) is 1. The number of aryl methyl sites for hydroxylation is 1. The molecule has 1 atom stereocenters. The highest BCUT2D eigenvalue weighted by atomic mass is 16.6. The lowest BCUT2D eigenvalue weighted by molar-refractivity contribution is -0.385. The summed E-state index contributed by atoms with van der Waals surface area (Å²) < 4.78 is 5.15. The fourth-order valence-corrected chi connectivity index (χ4v) is 2.82. The molecule has 6 nitrogen and oxygen atoms in total. The van der Waals surface area contributed by atoms with Crippen molar-refractivity contribution in [3.63, 3.8) is 0 Å². The van der Waals surface area contributed by atoms with Crippen molar-refractivity contribution in [2.75, 3.05) is 13.7 Å². The van der Waals surface area contributed by atoms with Gasteiger partial charge in [0.25, 0.3) is 5.91 Å². The van der Waals surface area contributed by atoms with Crippen molar-refractivity contribution >= 4 is 11.6 Å². The van der Waals surface area contributed by atoms with Crippen LogP contribution in [0.3, 0.4) is 0 Å². The van der Waals surface area contributed by atoms with E-state index in [9.17, 15) is 14.9 Å². The summed E-state index contributed by atoms with van der Waals surface area (Å²) in [5.74, 6) is -0.140. The third-order valence-corrected chi connectivity index (χ3v) is 3.91. The number of amides is 1. The minimum absolute atomic E-state index is 0.0494. The lowest BCUT2D eigenvalue weighted by atomic mass is 10.0. The number of piperidine rings is 1. The maximum atomic E-state index is 12.7. The molecule has 6 heteroatoms. The van der Waals surface area contributed by atoms with Crippen LogP contribution in [0.5, 0.6) is 5.75 Å². The number of benzene rings is 1. The van der Waals surface area contributed by atoms with Gasteiger partial charge in [0.15, 0.2) is 0 Å². The molecule has 0 spiro atoms. The average molecular weight is 292 g/mol.